The fourth-order valence-corrected chi connectivity index (χ4v) is 6.47. The lowest BCUT2D eigenvalue weighted by Gasteiger charge is -2.50. The highest BCUT2D eigenvalue weighted by molar-refractivity contribution is 6.24. The average Bonchev–Trinajstić information content (AvgIpc) is 2.86. The molecule has 40 heavy (non-hydrogen) atoms. The molecule has 3 aliphatic carbocycles. The van der Waals surface area contributed by atoms with Crippen molar-refractivity contribution in [3.8, 4) is 16.9 Å². The fraction of sp³-hybridized carbons (Fsp3) is 0.321. The van der Waals surface area contributed by atoms with Gasteiger partial charge in [0.15, 0.2) is 11.4 Å². The lowest BCUT2D eigenvalue weighted by Crippen LogP contribution is -2.65. The molecule has 5 rings (SSSR count). The molecule has 0 aliphatic heterocycles. The van der Waals surface area contributed by atoms with Crippen LogP contribution in [-0.4, -0.2) is 68.5 Å². The van der Waals surface area contributed by atoms with E-state index in [-0.39, 0.29) is 52.8 Å². The van der Waals surface area contributed by atoms with Gasteiger partial charge in [-0.1, -0.05) is 0 Å². The van der Waals surface area contributed by atoms with Gasteiger partial charge in [-0.3, -0.25) is 19.3 Å². The van der Waals surface area contributed by atoms with Gasteiger partial charge >= 0.3 is 0 Å². The number of hydrogen-bond acceptors (Lipinski definition) is 9. The Labute approximate surface area is 226 Å². The van der Waals surface area contributed by atoms with Crippen molar-refractivity contribution >= 4 is 23.2 Å². The summed E-state index contributed by atoms with van der Waals surface area (Å²) in [5.41, 5.74) is 7.35. The summed E-state index contributed by atoms with van der Waals surface area (Å²) in [5, 5.41) is 45.1. The van der Waals surface area contributed by atoms with Crippen LogP contribution >= 0.6 is 0 Å². The highest BCUT2D eigenvalue weighted by atomic mass is 19.1. The van der Waals surface area contributed by atoms with Gasteiger partial charge in [0.1, 0.15) is 34.5 Å². The third-order valence-electron chi connectivity index (χ3n) is 8.24. The largest absolute Gasteiger partial charge is 0.508 e. The number of primary amides is 1. The lowest BCUT2D eigenvalue weighted by atomic mass is 9.57. The number of benzene rings is 2. The number of carbonyl (C=O) groups excluding carboxylic acids is 3. The SMILES string of the molecule is CN(C)[C@@H]1C(=O)C(C(N)=O)=C(O)[C@@]2(O)C(=O)C3=C(O)c4c(O)c(CN)cc(-c5ccc(F)cc5F)c4CC3CC12. The van der Waals surface area contributed by atoms with Gasteiger partial charge in [-0.15, -0.1) is 0 Å². The summed E-state index contributed by atoms with van der Waals surface area (Å²) in [6.07, 6.45) is -0.185. The summed E-state index contributed by atoms with van der Waals surface area (Å²) in [5.74, 6) is -9.59. The predicted molar refractivity (Wildman–Crippen MR) is 137 cm³/mol. The molecule has 0 heterocycles. The number of aliphatic hydroxyl groups excluding tert-OH is 2. The number of Topliss-reactive ketones (excluding diaryl/α,β-unsaturated/α-hetero) is 2. The van der Waals surface area contributed by atoms with Gasteiger partial charge in [-0.05, 0) is 62.2 Å². The summed E-state index contributed by atoms with van der Waals surface area (Å²) in [6.45, 7) is -0.237. The topological polar surface area (TPSA) is 187 Å². The Morgan fingerprint density at radius 2 is 1.80 bits per heavy atom. The number of aliphatic hydroxyl groups is 3. The zero-order valence-corrected chi connectivity index (χ0v) is 21.5. The number of aromatic hydroxyl groups is 1. The maximum Gasteiger partial charge on any atom is 0.255 e. The second-order valence-corrected chi connectivity index (χ2v) is 10.6. The summed E-state index contributed by atoms with van der Waals surface area (Å²) in [6, 6.07) is 3.12. The molecule has 2 aromatic rings. The van der Waals surface area contributed by atoms with Gasteiger partial charge in [-0.25, -0.2) is 8.78 Å². The van der Waals surface area contributed by atoms with Crippen LogP contribution in [0.5, 0.6) is 5.75 Å². The van der Waals surface area contributed by atoms with Crippen molar-refractivity contribution in [3.63, 3.8) is 0 Å². The number of likely N-dealkylation sites (N-methyl/N-ethyl adjacent to an activating group) is 1. The molecular formula is C28H27F2N3O7. The molecule has 0 spiro atoms. The molecule has 3 aliphatic rings. The molecule has 4 atom stereocenters. The zero-order chi connectivity index (χ0) is 29.4. The first-order chi connectivity index (χ1) is 18.7. The number of hydrogen-bond donors (Lipinski definition) is 6. The highest BCUT2D eigenvalue weighted by Gasteiger charge is 2.64. The molecule has 1 fully saturated rings. The highest BCUT2D eigenvalue weighted by Crippen LogP contribution is 2.54. The van der Waals surface area contributed by atoms with Crippen LogP contribution in [-0.2, 0) is 27.3 Å². The van der Waals surface area contributed by atoms with Gasteiger partial charge in [0.25, 0.3) is 5.91 Å². The number of carbonyl (C=O) groups is 3. The van der Waals surface area contributed by atoms with Crippen molar-refractivity contribution in [2.45, 2.75) is 31.0 Å². The molecule has 210 valence electrons. The fourth-order valence-electron chi connectivity index (χ4n) is 6.47. The number of amides is 1. The first kappa shape index (κ1) is 27.4. The Hall–Kier alpha value is -4.13. The molecular weight excluding hydrogens is 528 g/mol. The molecule has 10 nitrogen and oxygen atoms in total. The first-order valence-corrected chi connectivity index (χ1v) is 12.4. The van der Waals surface area contributed by atoms with E-state index in [0.29, 0.717) is 6.07 Å². The van der Waals surface area contributed by atoms with E-state index < -0.39 is 75.4 Å². The maximum atomic E-state index is 14.9. The predicted octanol–water partition coefficient (Wildman–Crippen LogP) is 1.37. The minimum atomic E-state index is -2.78. The van der Waals surface area contributed by atoms with Crippen LogP contribution in [0.2, 0.25) is 0 Å². The summed E-state index contributed by atoms with van der Waals surface area (Å²) in [7, 11) is 2.99. The number of fused-ring (bicyclic) bond motifs is 3. The van der Waals surface area contributed by atoms with Crippen molar-refractivity contribution in [2.75, 3.05) is 14.1 Å². The number of nitrogens with two attached hydrogens (primary N) is 2. The molecule has 2 unspecified atom stereocenters. The van der Waals surface area contributed by atoms with E-state index in [1.165, 1.54) is 31.1 Å². The second-order valence-electron chi connectivity index (χ2n) is 10.6. The molecule has 8 N–H and O–H groups in total. The second kappa shape index (κ2) is 9.22. The van der Waals surface area contributed by atoms with E-state index in [4.69, 9.17) is 11.5 Å². The van der Waals surface area contributed by atoms with E-state index in [0.717, 1.165) is 6.07 Å². The molecule has 2 aromatic carbocycles. The minimum Gasteiger partial charge on any atom is -0.508 e. The lowest BCUT2D eigenvalue weighted by molar-refractivity contribution is -0.153. The Morgan fingerprint density at radius 1 is 1.12 bits per heavy atom. The Morgan fingerprint density at radius 3 is 2.38 bits per heavy atom. The minimum absolute atomic E-state index is 0.0343. The third-order valence-corrected chi connectivity index (χ3v) is 8.24. The summed E-state index contributed by atoms with van der Waals surface area (Å²) >= 11 is 0. The Bertz CT molecular complexity index is 1580. The molecule has 0 saturated heterocycles. The van der Waals surface area contributed by atoms with E-state index in [2.05, 4.69) is 0 Å². The van der Waals surface area contributed by atoms with Crippen LogP contribution in [0.3, 0.4) is 0 Å². The van der Waals surface area contributed by atoms with Crippen LogP contribution in [0.1, 0.15) is 23.1 Å². The summed E-state index contributed by atoms with van der Waals surface area (Å²) < 4.78 is 28.6. The van der Waals surface area contributed by atoms with Crippen LogP contribution in [0.25, 0.3) is 16.9 Å². The van der Waals surface area contributed by atoms with Crippen molar-refractivity contribution < 1.29 is 43.6 Å². The smallest absolute Gasteiger partial charge is 0.255 e. The number of phenolic OH excluding ortho intramolecular Hbond substituents is 1. The summed E-state index contributed by atoms with van der Waals surface area (Å²) in [4.78, 5) is 40.6. The average molecular weight is 556 g/mol. The number of halogens is 2. The van der Waals surface area contributed by atoms with Crippen LogP contribution in [0.4, 0.5) is 8.78 Å². The number of nitrogens with zero attached hydrogens (tertiary/aromatic N) is 1. The van der Waals surface area contributed by atoms with Crippen LogP contribution in [0, 0.1) is 23.5 Å². The molecule has 0 aromatic heterocycles. The van der Waals surface area contributed by atoms with E-state index in [1.807, 2.05) is 0 Å². The van der Waals surface area contributed by atoms with Gasteiger partial charge in [0, 0.05) is 35.2 Å². The molecule has 12 heteroatoms. The standard InChI is InChI=1S/C28H27F2N3O7/c1-33(2)21-16-7-10-5-15-14(13-4-3-12(29)8-17(13)30)6-11(9-31)22(34)19(15)23(35)18(10)25(37)28(16,40)26(38)20(24(21)36)27(32)39/h3-4,6,8,10,16,21,34-35,38,40H,5,7,9,31H2,1-2H3,(H2,32,39)/t10?,16?,21-,28-/m0/s1. The van der Waals surface area contributed by atoms with Gasteiger partial charge < -0.3 is 31.9 Å². The van der Waals surface area contributed by atoms with Crippen LogP contribution in [0.15, 0.2) is 41.2 Å². The van der Waals surface area contributed by atoms with Crippen molar-refractivity contribution in [2.24, 2.45) is 23.3 Å². The Kier molecular flexibility index (Phi) is 6.32. The molecule has 0 radical (unpaired) electrons. The monoisotopic (exact) mass is 555 g/mol. The van der Waals surface area contributed by atoms with Crippen molar-refractivity contribution in [1.29, 1.82) is 0 Å². The van der Waals surface area contributed by atoms with Crippen LogP contribution < -0.4 is 11.5 Å². The number of phenols is 1. The zero-order valence-electron chi connectivity index (χ0n) is 21.5. The maximum absolute atomic E-state index is 14.9. The number of rotatable bonds is 4. The third kappa shape index (κ3) is 3.60. The number of ketones is 2. The van der Waals surface area contributed by atoms with Gasteiger partial charge in [0.05, 0.1) is 11.6 Å². The van der Waals surface area contributed by atoms with Crippen molar-refractivity contribution in [1.82, 2.24) is 4.90 Å². The first-order valence-electron chi connectivity index (χ1n) is 12.4. The van der Waals surface area contributed by atoms with Gasteiger partial charge in [0.2, 0.25) is 5.78 Å². The van der Waals surface area contributed by atoms with Gasteiger partial charge in [-0.2, -0.15) is 0 Å². The van der Waals surface area contributed by atoms with E-state index >= 15 is 0 Å². The normalized spacial score (nSPS) is 26.1. The molecule has 1 amide bonds. The van der Waals surface area contributed by atoms with E-state index in [9.17, 15) is 43.6 Å². The molecule has 0 bridgehead atoms. The molecule has 1 saturated carbocycles. The van der Waals surface area contributed by atoms with Crippen molar-refractivity contribution in [3.05, 3.63) is 69.5 Å². The quantitative estimate of drug-likeness (QED) is 0.303. The van der Waals surface area contributed by atoms with E-state index in [1.54, 1.807) is 0 Å². The Balaban J connectivity index is 1.79.